The van der Waals surface area contributed by atoms with Crippen molar-refractivity contribution in [2.75, 3.05) is 26.0 Å². The number of carbonyl (C=O) groups excluding carboxylic acids is 1. The minimum absolute atomic E-state index is 0.149. The molecule has 0 aromatic heterocycles. The molecule has 2 N–H and O–H groups in total. The normalized spacial score (nSPS) is 21.3. The molecule has 0 heterocycles. The Morgan fingerprint density at radius 2 is 2.18 bits per heavy atom. The minimum atomic E-state index is -0.312. The average Bonchev–Trinajstić information content (AvgIpc) is 2.51. The lowest BCUT2D eigenvalue weighted by atomic mass is 9.86. The second-order valence-electron chi connectivity index (χ2n) is 5.77. The molecule has 0 bridgehead atoms. The molecule has 2 atom stereocenters. The first-order chi connectivity index (χ1) is 10.5. The maximum absolute atomic E-state index is 12.2. The third-order valence-electron chi connectivity index (χ3n) is 4.14. The molecule has 1 aliphatic rings. The monoisotopic (exact) mass is 326 g/mol. The van der Waals surface area contributed by atoms with Gasteiger partial charge in [-0.25, -0.2) is 4.79 Å². The molecule has 2 amide bonds. The maximum atomic E-state index is 12.2. The van der Waals surface area contributed by atoms with Crippen LogP contribution >= 0.6 is 11.6 Å². The third kappa shape index (κ3) is 4.27. The summed E-state index contributed by atoms with van der Waals surface area (Å²) in [5.41, 5.74) is 0.545. The predicted octanol–water partition coefficient (Wildman–Crippen LogP) is 3.36. The number of carbonyl (C=O) groups is 1. The van der Waals surface area contributed by atoms with Crippen LogP contribution in [-0.4, -0.2) is 42.8 Å². The Balaban J connectivity index is 1.93. The number of ether oxygens (including phenoxy) is 1. The van der Waals surface area contributed by atoms with Gasteiger partial charge in [0, 0.05) is 25.6 Å². The standard InChI is InChI=1S/C16H23ClN2O3/c1-19(10-11-5-3-4-6-15(11)20)16(21)18-14-8-7-12(22-2)9-13(14)17/h7-9,11,15,20H,3-6,10H2,1-2H3,(H,18,21). The highest BCUT2D eigenvalue weighted by Crippen LogP contribution is 2.28. The molecule has 0 spiro atoms. The summed E-state index contributed by atoms with van der Waals surface area (Å²) in [6.45, 7) is 0.542. The largest absolute Gasteiger partial charge is 0.497 e. The van der Waals surface area contributed by atoms with Crippen molar-refractivity contribution in [2.45, 2.75) is 31.8 Å². The summed E-state index contributed by atoms with van der Waals surface area (Å²) < 4.78 is 5.08. The second kappa shape index (κ2) is 7.70. The van der Waals surface area contributed by atoms with Crippen LogP contribution in [0, 0.1) is 5.92 Å². The number of anilines is 1. The van der Waals surface area contributed by atoms with Crippen LogP contribution in [0.15, 0.2) is 18.2 Å². The van der Waals surface area contributed by atoms with Crippen molar-refractivity contribution in [1.82, 2.24) is 4.90 Å². The summed E-state index contributed by atoms with van der Waals surface area (Å²) in [5, 5.41) is 13.2. The number of nitrogens with zero attached hydrogens (tertiary/aromatic N) is 1. The number of hydrogen-bond acceptors (Lipinski definition) is 3. The van der Waals surface area contributed by atoms with Crippen molar-refractivity contribution >= 4 is 23.3 Å². The van der Waals surface area contributed by atoms with Crippen LogP contribution in [0.2, 0.25) is 5.02 Å². The van der Waals surface area contributed by atoms with Crippen LogP contribution in [0.4, 0.5) is 10.5 Å². The fourth-order valence-electron chi connectivity index (χ4n) is 2.77. The number of urea groups is 1. The Hall–Kier alpha value is -1.46. The van der Waals surface area contributed by atoms with Crippen molar-refractivity contribution in [1.29, 1.82) is 0 Å². The fraction of sp³-hybridized carbons (Fsp3) is 0.562. The molecule has 22 heavy (non-hydrogen) atoms. The smallest absolute Gasteiger partial charge is 0.321 e. The van der Waals surface area contributed by atoms with E-state index in [1.165, 1.54) is 0 Å². The lowest BCUT2D eigenvalue weighted by molar-refractivity contribution is 0.0575. The number of aliphatic hydroxyl groups excluding tert-OH is 1. The Bertz CT molecular complexity index is 524. The molecule has 122 valence electrons. The minimum Gasteiger partial charge on any atom is -0.497 e. The first-order valence-corrected chi connectivity index (χ1v) is 7.92. The van der Waals surface area contributed by atoms with Gasteiger partial charge < -0.3 is 20.1 Å². The number of hydrogen-bond donors (Lipinski definition) is 2. The SMILES string of the molecule is COc1ccc(NC(=O)N(C)CC2CCCCC2O)c(Cl)c1. The molecule has 5 nitrogen and oxygen atoms in total. The van der Waals surface area contributed by atoms with Gasteiger partial charge >= 0.3 is 6.03 Å². The quantitative estimate of drug-likeness (QED) is 0.891. The molecule has 1 saturated carbocycles. The van der Waals surface area contributed by atoms with E-state index in [2.05, 4.69) is 5.32 Å². The summed E-state index contributed by atoms with van der Waals surface area (Å²) in [6.07, 6.45) is 3.65. The van der Waals surface area contributed by atoms with E-state index in [1.807, 2.05) is 0 Å². The highest BCUT2D eigenvalue weighted by molar-refractivity contribution is 6.33. The van der Waals surface area contributed by atoms with E-state index in [-0.39, 0.29) is 18.1 Å². The Labute approximate surface area is 136 Å². The van der Waals surface area contributed by atoms with Crippen molar-refractivity contribution < 1.29 is 14.6 Å². The molecule has 1 fully saturated rings. The summed E-state index contributed by atoms with van der Waals surface area (Å²) in [5.74, 6) is 0.789. The maximum Gasteiger partial charge on any atom is 0.321 e. The van der Waals surface area contributed by atoms with Crippen LogP contribution in [0.3, 0.4) is 0 Å². The second-order valence-corrected chi connectivity index (χ2v) is 6.18. The van der Waals surface area contributed by atoms with Gasteiger partial charge in [-0.05, 0) is 25.0 Å². The number of methoxy groups -OCH3 is 1. The van der Waals surface area contributed by atoms with Gasteiger partial charge in [0.05, 0.1) is 23.9 Å². The van der Waals surface area contributed by atoms with E-state index in [0.29, 0.717) is 23.0 Å². The van der Waals surface area contributed by atoms with Crippen molar-refractivity contribution in [3.8, 4) is 5.75 Å². The molecule has 1 aromatic rings. The lowest BCUT2D eigenvalue weighted by Crippen LogP contribution is -2.40. The number of halogens is 1. The molecular weight excluding hydrogens is 304 g/mol. The van der Waals surface area contributed by atoms with Gasteiger partial charge in [-0.1, -0.05) is 24.4 Å². The van der Waals surface area contributed by atoms with E-state index in [4.69, 9.17) is 16.3 Å². The summed E-state index contributed by atoms with van der Waals surface area (Å²) in [7, 11) is 3.29. The zero-order valence-corrected chi connectivity index (χ0v) is 13.8. The van der Waals surface area contributed by atoms with Crippen molar-refractivity contribution in [3.63, 3.8) is 0 Å². The van der Waals surface area contributed by atoms with Gasteiger partial charge in [-0.3, -0.25) is 0 Å². The number of benzene rings is 1. The zero-order valence-electron chi connectivity index (χ0n) is 13.0. The first-order valence-electron chi connectivity index (χ1n) is 7.55. The van der Waals surface area contributed by atoms with Crippen molar-refractivity contribution in [2.24, 2.45) is 5.92 Å². The Kier molecular flexibility index (Phi) is 5.91. The molecular formula is C16H23ClN2O3. The molecule has 0 radical (unpaired) electrons. The van der Waals surface area contributed by atoms with Crippen LogP contribution in [0.5, 0.6) is 5.75 Å². The summed E-state index contributed by atoms with van der Waals surface area (Å²) in [4.78, 5) is 13.8. The Morgan fingerprint density at radius 3 is 2.82 bits per heavy atom. The van der Waals surface area contributed by atoms with Crippen molar-refractivity contribution in [3.05, 3.63) is 23.2 Å². The van der Waals surface area contributed by atoms with Gasteiger partial charge in [0.15, 0.2) is 0 Å². The molecule has 0 saturated heterocycles. The number of nitrogens with one attached hydrogen (secondary N) is 1. The number of amides is 2. The molecule has 1 aliphatic carbocycles. The molecule has 1 aromatic carbocycles. The fourth-order valence-corrected chi connectivity index (χ4v) is 2.99. The molecule has 2 rings (SSSR count). The zero-order chi connectivity index (χ0) is 16.1. The Morgan fingerprint density at radius 1 is 1.45 bits per heavy atom. The number of rotatable bonds is 4. The third-order valence-corrected chi connectivity index (χ3v) is 4.45. The highest BCUT2D eigenvalue weighted by atomic mass is 35.5. The number of aliphatic hydroxyl groups is 1. The topological polar surface area (TPSA) is 61.8 Å². The van der Waals surface area contributed by atoms with Gasteiger partial charge in [0.2, 0.25) is 0 Å². The van der Waals surface area contributed by atoms with E-state index in [0.717, 1.165) is 25.7 Å². The molecule has 2 unspecified atom stereocenters. The summed E-state index contributed by atoms with van der Waals surface area (Å²) in [6, 6.07) is 4.88. The van der Waals surface area contributed by atoms with E-state index in [1.54, 1.807) is 37.3 Å². The van der Waals surface area contributed by atoms with Gasteiger partial charge in [0.1, 0.15) is 5.75 Å². The lowest BCUT2D eigenvalue weighted by Gasteiger charge is -2.31. The van der Waals surface area contributed by atoms with E-state index >= 15 is 0 Å². The van der Waals surface area contributed by atoms with Crippen LogP contribution < -0.4 is 10.1 Å². The molecule has 6 heteroatoms. The van der Waals surface area contributed by atoms with Gasteiger partial charge in [0.25, 0.3) is 0 Å². The predicted molar refractivity (Wildman–Crippen MR) is 87.6 cm³/mol. The van der Waals surface area contributed by atoms with Gasteiger partial charge in [-0.2, -0.15) is 0 Å². The first kappa shape index (κ1) is 16.9. The van der Waals surface area contributed by atoms with Crippen LogP contribution in [0.25, 0.3) is 0 Å². The van der Waals surface area contributed by atoms with E-state index < -0.39 is 0 Å². The summed E-state index contributed by atoms with van der Waals surface area (Å²) >= 11 is 6.12. The molecule has 0 aliphatic heterocycles. The van der Waals surface area contributed by atoms with Crippen LogP contribution in [0.1, 0.15) is 25.7 Å². The van der Waals surface area contributed by atoms with Gasteiger partial charge in [-0.15, -0.1) is 0 Å². The van der Waals surface area contributed by atoms with E-state index in [9.17, 15) is 9.90 Å². The van der Waals surface area contributed by atoms with Crippen LogP contribution in [-0.2, 0) is 0 Å². The highest BCUT2D eigenvalue weighted by Gasteiger charge is 2.25. The average molecular weight is 327 g/mol.